The number of fused-ring (bicyclic) bond motifs is 3. The number of hydrogen-bond acceptors (Lipinski definition) is 7. The van der Waals surface area contributed by atoms with Crippen LogP contribution < -0.4 is 26.6 Å². The van der Waals surface area contributed by atoms with E-state index in [0.717, 1.165) is 68.9 Å². The van der Waals surface area contributed by atoms with Gasteiger partial charge in [-0.25, -0.2) is 10.0 Å². The van der Waals surface area contributed by atoms with Crippen molar-refractivity contribution in [2.45, 2.75) is 70.3 Å². The van der Waals surface area contributed by atoms with Gasteiger partial charge in [0.05, 0.1) is 0 Å². The minimum absolute atomic E-state index is 0.331. The van der Waals surface area contributed by atoms with Crippen molar-refractivity contribution in [3.8, 4) is 5.75 Å². The first kappa shape index (κ1) is 38.5. The van der Waals surface area contributed by atoms with Crippen LogP contribution in [0.4, 0.5) is 5.69 Å². The molecule has 3 aliphatic carbocycles. The Kier molecular flexibility index (Phi) is 12.4. The molecule has 0 bridgehead atoms. The van der Waals surface area contributed by atoms with Crippen LogP contribution in [0.5, 0.6) is 5.75 Å². The molecule has 0 aromatic heterocycles. The number of nitrogens with one attached hydrogen (secondary N) is 3. The van der Waals surface area contributed by atoms with Crippen LogP contribution in [0.2, 0.25) is 0 Å². The molecule has 7 heteroatoms. The van der Waals surface area contributed by atoms with Crippen LogP contribution in [0, 0.1) is 5.92 Å². The van der Waals surface area contributed by atoms with Gasteiger partial charge < -0.3 is 21.1 Å². The number of hydrazine groups is 2. The lowest BCUT2D eigenvalue weighted by Gasteiger charge is -2.32. The van der Waals surface area contributed by atoms with Crippen molar-refractivity contribution in [3.63, 3.8) is 0 Å². The molecule has 0 amide bonds. The van der Waals surface area contributed by atoms with E-state index < -0.39 is 0 Å². The summed E-state index contributed by atoms with van der Waals surface area (Å²) in [4.78, 5) is 0. The Labute approximate surface area is 339 Å². The molecule has 2 heterocycles. The fraction of sp³-hybridized carbons (Fsp3) is 0.320. The number of rotatable bonds is 14. The minimum Gasteiger partial charge on any atom is -0.461 e. The average molecular weight is 759 g/mol. The number of hydrogen-bond donors (Lipinski definition) is 4. The number of ether oxygens (including phenoxy) is 1. The van der Waals surface area contributed by atoms with E-state index in [1.54, 1.807) is 11.8 Å². The van der Waals surface area contributed by atoms with Crippen molar-refractivity contribution in [3.05, 3.63) is 184 Å². The Hall–Kier alpha value is -5.34. The molecule has 2 aliphatic heterocycles. The molecule has 57 heavy (non-hydrogen) atoms. The van der Waals surface area contributed by atoms with Crippen molar-refractivity contribution in [2.75, 3.05) is 32.0 Å². The van der Waals surface area contributed by atoms with E-state index in [4.69, 9.17) is 10.5 Å². The van der Waals surface area contributed by atoms with Gasteiger partial charge in [0.15, 0.2) is 0 Å². The van der Waals surface area contributed by atoms with E-state index in [1.807, 2.05) is 12.3 Å². The van der Waals surface area contributed by atoms with E-state index in [0.29, 0.717) is 17.8 Å². The van der Waals surface area contributed by atoms with Crippen LogP contribution in [0.15, 0.2) is 162 Å². The summed E-state index contributed by atoms with van der Waals surface area (Å²) < 4.78 is 6.30. The average Bonchev–Trinajstić information content (AvgIpc) is 3.62. The molecule has 0 saturated carbocycles. The summed E-state index contributed by atoms with van der Waals surface area (Å²) in [6, 6.07) is 26.7. The number of nitrogens with zero attached hydrogens (tertiary/aromatic N) is 2. The molecule has 0 radical (unpaired) electrons. The molecule has 0 fully saturated rings. The van der Waals surface area contributed by atoms with Crippen LogP contribution in [-0.4, -0.2) is 36.7 Å². The summed E-state index contributed by atoms with van der Waals surface area (Å²) >= 11 is 0. The fourth-order valence-corrected chi connectivity index (χ4v) is 9.15. The van der Waals surface area contributed by atoms with Crippen molar-refractivity contribution in [2.24, 2.45) is 11.7 Å². The normalized spacial score (nSPS) is 21.9. The molecule has 5 aliphatic rings. The lowest BCUT2D eigenvalue weighted by molar-refractivity contribution is 0.0509. The van der Waals surface area contributed by atoms with Crippen LogP contribution in [0.25, 0.3) is 5.57 Å². The first-order chi connectivity index (χ1) is 28.0. The maximum atomic E-state index is 6.30. The zero-order chi connectivity index (χ0) is 39.0. The zero-order valence-electron chi connectivity index (χ0n) is 33.6. The molecule has 0 saturated heterocycles. The quantitative estimate of drug-likeness (QED) is 0.0741. The predicted octanol–water partition coefficient (Wildman–Crippen LogP) is 10.1. The van der Waals surface area contributed by atoms with Crippen LogP contribution in [-0.2, 0) is 6.54 Å². The van der Waals surface area contributed by atoms with Gasteiger partial charge in [-0.15, -0.1) is 0 Å². The van der Waals surface area contributed by atoms with E-state index in [2.05, 4.69) is 155 Å². The molecule has 3 aromatic rings. The Morgan fingerprint density at radius 1 is 0.982 bits per heavy atom. The second kappa shape index (κ2) is 18.3. The Bertz CT molecular complexity index is 2170. The van der Waals surface area contributed by atoms with E-state index >= 15 is 0 Å². The largest absolute Gasteiger partial charge is 0.461 e. The fourth-order valence-electron chi connectivity index (χ4n) is 9.15. The Balaban J connectivity index is 0.954. The number of allylic oxidation sites excluding steroid dienone is 9. The number of dihydropyridines is 1. The predicted molar refractivity (Wildman–Crippen MR) is 236 cm³/mol. The third-order valence-electron chi connectivity index (χ3n) is 12.0. The molecule has 8 rings (SSSR count). The van der Waals surface area contributed by atoms with Crippen LogP contribution in [0.3, 0.4) is 0 Å². The molecule has 0 spiro atoms. The molecular weight excluding hydrogens is 701 g/mol. The molecule has 3 atom stereocenters. The molecule has 3 aromatic carbocycles. The second-order valence-electron chi connectivity index (χ2n) is 16.1. The van der Waals surface area contributed by atoms with Crippen LogP contribution >= 0.6 is 0 Å². The summed E-state index contributed by atoms with van der Waals surface area (Å²) in [7, 11) is 2.08. The highest BCUT2D eigenvalue weighted by molar-refractivity contribution is 5.79. The maximum Gasteiger partial charge on any atom is 0.130 e. The number of anilines is 1. The molecule has 5 N–H and O–H groups in total. The molecule has 7 nitrogen and oxygen atoms in total. The summed E-state index contributed by atoms with van der Waals surface area (Å²) in [5.74, 6) is 3.32. The third kappa shape index (κ3) is 9.45. The van der Waals surface area contributed by atoms with Gasteiger partial charge in [-0.3, -0.25) is 0 Å². The number of para-hydroxylation sites is 1. The van der Waals surface area contributed by atoms with Gasteiger partial charge in [-0.1, -0.05) is 85.0 Å². The highest BCUT2D eigenvalue weighted by Gasteiger charge is 2.31. The monoisotopic (exact) mass is 758 g/mol. The lowest BCUT2D eigenvalue weighted by Crippen LogP contribution is -2.48. The van der Waals surface area contributed by atoms with Gasteiger partial charge in [0.2, 0.25) is 0 Å². The molecule has 294 valence electrons. The molecule has 3 unspecified atom stereocenters. The summed E-state index contributed by atoms with van der Waals surface area (Å²) in [5.41, 5.74) is 22.6. The summed E-state index contributed by atoms with van der Waals surface area (Å²) in [6.07, 6.45) is 29.7. The van der Waals surface area contributed by atoms with Gasteiger partial charge in [-0.05, 0) is 146 Å². The summed E-state index contributed by atoms with van der Waals surface area (Å²) in [5, 5.41) is 11.7. The standard InChI is InChI=1S/C50H58N6O/c1-3-36(23-26-51)33-55(2)54-56(34-37-24-27-52-28-25-37)35-38-11-8-12-39(29-38)40-13-9-15-43(30-40)45-17-4-6-19-48(45)53-44-16-10-14-41(31-44)42-21-22-47-46-18-5-7-20-49(46)57-50(47)32-42/h3,5,7-14,16,18,20-21,23-27,29,31-32,40,43,47,52-54H,4,6,15,17,19,22,28,30,33-35,51H2,1-2H3/b26-23-,36-3+. The second-order valence-corrected chi connectivity index (χ2v) is 16.1. The van der Waals surface area contributed by atoms with Crippen molar-refractivity contribution >= 4 is 11.3 Å². The number of likely N-dealkylation sites (N-methyl/N-ethyl adjacent to an activating group) is 1. The van der Waals surface area contributed by atoms with Crippen molar-refractivity contribution in [1.29, 1.82) is 0 Å². The van der Waals surface area contributed by atoms with Gasteiger partial charge in [0.25, 0.3) is 0 Å². The highest BCUT2D eigenvalue weighted by Crippen LogP contribution is 2.46. The van der Waals surface area contributed by atoms with Crippen LogP contribution in [0.1, 0.15) is 86.0 Å². The topological polar surface area (TPSA) is 77.8 Å². The number of benzene rings is 3. The van der Waals surface area contributed by atoms with Gasteiger partial charge >= 0.3 is 0 Å². The third-order valence-corrected chi connectivity index (χ3v) is 12.0. The SMILES string of the molecule is C/C=C(\C=C/N)CN(C)NN(CC1=CCNC=C1)Cc1cccc(C2C=CCC(C3=C(Nc4cccc(C5=CCC6C(=C5)Oc5ccccc56)c4)CCCC3)C2)c1. The van der Waals surface area contributed by atoms with E-state index in [9.17, 15) is 0 Å². The Morgan fingerprint density at radius 3 is 2.75 bits per heavy atom. The van der Waals surface area contributed by atoms with E-state index in [1.165, 1.54) is 64.0 Å². The Morgan fingerprint density at radius 2 is 1.88 bits per heavy atom. The highest BCUT2D eigenvalue weighted by atomic mass is 16.5. The maximum absolute atomic E-state index is 6.30. The first-order valence-corrected chi connectivity index (χ1v) is 20.9. The summed E-state index contributed by atoms with van der Waals surface area (Å²) in [6.45, 7) is 5.22. The van der Waals surface area contributed by atoms with Crippen molar-refractivity contribution < 1.29 is 4.74 Å². The first-order valence-electron chi connectivity index (χ1n) is 20.9. The molecular formula is C50H58N6O. The van der Waals surface area contributed by atoms with Gasteiger partial charge in [0.1, 0.15) is 11.5 Å². The smallest absolute Gasteiger partial charge is 0.130 e. The van der Waals surface area contributed by atoms with Crippen molar-refractivity contribution in [1.82, 2.24) is 20.9 Å². The van der Waals surface area contributed by atoms with Gasteiger partial charge in [-0.2, -0.15) is 5.53 Å². The van der Waals surface area contributed by atoms with Gasteiger partial charge in [0, 0.05) is 62.0 Å². The van der Waals surface area contributed by atoms with E-state index in [-0.39, 0.29) is 0 Å². The zero-order valence-corrected chi connectivity index (χ0v) is 33.6. The minimum atomic E-state index is 0.331. The lowest BCUT2D eigenvalue weighted by atomic mass is 9.75. The number of nitrogens with two attached hydrogens (primary N) is 1.